The molecule has 2 aliphatic rings. The molecule has 0 N–H and O–H groups in total. The number of fused-ring (bicyclic) bond motifs is 1. The molecule has 0 bridgehead atoms. The molecule has 0 spiro atoms. The summed E-state index contributed by atoms with van der Waals surface area (Å²) in [4.78, 5) is 0.845. The van der Waals surface area contributed by atoms with Gasteiger partial charge in [-0.1, -0.05) is 28.1 Å². The molecule has 1 fully saturated rings. The molecule has 0 aromatic carbocycles. The van der Waals surface area contributed by atoms with E-state index >= 15 is 0 Å². The van der Waals surface area contributed by atoms with Crippen molar-refractivity contribution < 1.29 is 0 Å². The summed E-state index contributed by atoms with van der Waals surface area (Å²) >= 11 is 3.57. The number of alkyl halides is 1. The predicted molar refractivity (Wildman–Crippen MR) is 33.5 cm³/mol. The first-order valence-corrected chi connectivity index (χ1v) is 3.62. The first-order valence-electron chi connectivity index (χ1n) is 2.70. The highest BCUT2D eigenvalue weighted by Crippen LogP contribution is 2.52. The van der Waals surface area contributed by atoms with E-state index in [2.05, 4.69) is 28.1 Å². The van der Waals surface area contributed by atoms with E-state index in [1.807, 2.05) is 0 Å². The van der Waals surface area contributed by atoms with Crippen LogP contribution in [0.25, 0.3) is 0 Å². The quantitative estimate of drug-likeness (QED) is 0.374. The van der Waals surface area contributed by atoms with Gasteiger partial charge >= 0.3 is 0 Å². The second-order valence-electron chi connectivity index (χ2n) is 2.35. The second-order valence-corrected chi connectivity index (χ2v) is 3.41. The number of hydrogen-bond donors (Lipinski definition) is 0. The molecule has 1 saturated carbocycles. The van der Waals surface area contributed by atoms with Crippen molar-refractivity contribution in [2.24, 2.45) is 11.8 Å². The Morgan fingerprint density at radius 2 is 2.43 bits per heavy atom. The van der Waals surface area contributed by atoms with Crippen LogP contribution >= 0.6 is 15.9 Å². The molecule has 0 aromatic heterocycles. The summed E-state index contributed by atoms with van der Waals surface area (Å²) in [7, 11) is 0. The van der Waals surface area contributed by atoms with E-state index in [-0.39, 0.29) is 0 Å². The zero-order chi connectivity index (χ0) is 4.85. The van der Waals surface area contributed by atoms with Crippen molar-refractivity contribution >= 4 is 15.9 Å². The molecule has 2 rings (SSSR count). The van der Waals surface area contributed by atoms with Crippen molar-refractivity contribution in [3.05, 3.63) is 12.2 Å². The zero-order valence-electron chi connectivity index (χ0n) is 3.97. The maximum Gasteiger partial charge on any atom is 0.0248 e. The minimum atomic E-state index is 0.845. The van der Waals surface area contributed by atoms with E-state index in [4.69, 9.17) is 0 Å². The van der Waals surface area contributed by atoms with Gasteiger partial charge in [0.25, 0.3) is 0 Å². The van der Waals surface area contributed by atoms with E-state index in [1.165, 1.54) is 6.42 Å². The molecule has 0 unspecified atom stereocenters. The lowest BCUT2D eigenvalue weighted by Crippen LogP contribution is -1.72. The highest BCUT2D eigenvalue weighted by Gasteiger charge is 2.47. The van der Waals surface area contributed by atoms with Crippen molar-refractivity contribution in [3.8, 4) is 0 Å². The average molecular weight is 159 g/mol. The summed E-state index contributed by atoms with van der Waals surface area (Å²) < 4.78 is 0. The Kier molecular flexibility index (Phi) is 0.670. The van der Waals surface area contributed by atoms with Crippen molar-refractivity contribution in [1.82, 2.24) is 0 Å². The average Bonchev–Trinajstić information content (AvgIpc) is 2.26. The van der Waals surface area contributed by atoms with Gasteiger partial charge in [0.2, 0.25) is 0 Å². The van der Waals surface area contributed by atoms with Gasteiger partial charge in [-0.15, -0.1) is 0 Å². The molecule has 0 aromatic rings. The molecule has 0 aliphatic heterocycles. The normalized spacial score (nSPS) is 54.7. The van der Waals surface area contributed by atoms with E-state index in [0.717, 1.165) is 16.7 Å². The largest absolute Gasteiger partial charge is 0.0881 e. The molecule has 2 aliphatic carbocycles. The smallest absolute Gasteiger partial charge is 0.0248 e. The highest BCUT2D eigenvalue weighted by atomic mass is 79.9. The minimum Gasteiger partial charge on any atom is -0.0881 e. The van der Waals surface area contributed by atoms with Crippen LogP contribution in [0.4, 0.5) is 0 Å². The Bertz CT molecular complexity index is 117. The third kappa shape index (κ3) is 0.421. The summed E-state index contributed by atoms with van der Waals surface area (Å²) in [5.41, 5.74) is 0. The van der Waals surface area contributed by atoms with Gasteiger partial charge in [0, 0.05) is 4.83 Å². The van der Waals surface area contributed by atoms with Gasteiger partial charge in [0.05, 0.1) is 0 Å². The van der Waals surface area contributed by atoms with Gasteiger partial charge in [-0.25, -0.2) is 0 Å². The topological polar surface area (TPSA) is 0 Å². The molecule has 0 heterocycles. The van der Waals surface area contributed by atoms with Crippen LogP contribution in [0.1, 0.15) is 6.42 Å². The second kappa shape index (κ2) is 1.13. The Labute approximate surface area is 51.7 Å². The van der Waals surface area contributed by atoms with Gasteiger partial charge in [0.15, 0.2) is 0 Å². The van der Waals surface area contributed by atoms with Gasteiger partial charge in [-0.3, -0.25) is 0 Å². The molecule has 0 saturated heterocycles. The summed E-state index contributed by atoms with van der Waals surface area (Å²) in [6.07, 6.45) is 5.93. The standard InChI is InChI=1S/C6H7Br/c7-6-4-2-1-3-5(4)6/h1-2,4-6H,3H2/t4-,5+,6+/m1/s1. The van der Waals surface area contributed by atoms with Crippen LogP contribution in [0.15, 0.2) is 12.2 Å². The van der Waals surface area contributed by atoms with E-state index in [0.29, 0.717) is 0 Å². The van der Waals surface area contributed by atoms with Crippen molar-refractivity contribution in [2.45, 2.75) is 11.2 Å². The molecule has 0 amide bonds. The molecule has 38 valence electrons. The Morgan fingerprint density at radius 3 is 2.71 bits per heavy atom. The molecule has 0 radical (unpaired) electrons. The summed E-state index contributed by atoms with van der Waals surface area (Å²) in [6, 6.07) is 0. The minimum absolute atomic E-state index is 0.845. The van der Waals surface area contributed by atoms with Crippen LogP contribution in [0.2, 0.25) is 0 Å². The van der Waals surface area contributed by atoms with Crippen molar-refractivity contribution in [1.29, 1.82) is 0 Å². The van der Waals surface area contributed by atoms with Gasteiger partial charge in [-0.2, -0.15) is 0 Å². The Balaban J connectivity index is 2.18. The molecule has 0 nitrogen and oxygen atoms in total. The first-order chi connectivity index (χ1) is 3.39. The van der Waals surface area contributed by atoms with Crippen LogP contribution in [-0.2, 0) is 0 Å². The molecular formula is C6H7Br. The Morgan fingerprint density at radius 1 is 1.57 bits per heavy atom. The lowest BCUT2D eigenvalue weighted by Gasteiger charge is -1.80. The zero-order valence-corrected chi connectivity index (χ0v) is 5.56. The number of hydrogen-bond acceptors (Lipinski definition) is 0. The molecule has 1 heteroatoms. The SMILES string of the molecule is Br[C@H]1[C@@H]2C=CC[C@H]12. The third-order valence-electron chi connectivity index (χ3n) is 1.90. The van der Waals surface area contributed by atoms with Crippen LogP contribution in [0.3, 0.4) is 0 Å². The fourth-order valence-corrected chi connectivity index (χ4v) is 2.25. The molecular weight excluding hydrogens is 152 g/mol. The van der Waals surface area contributed by atoms with Gasteiger partial charge in [-0.05, 0) is 18.3 Å². The van der Waals surface area contributed by atoms with Gasteiger partial charge in [0.1, 0.15) is 0 Å². The fourth-order valence-electron chi connectivity index (χ4n) is 1.29. The van der Waals surface area contributed by atoms with Gasteiger partial charge < -0.3 is 0 Å². The number of rotatable bonds is 0. The van der Waals surface area contributed by atoms with Crippen molar-refractivity contribution in [2.75, 3.05) is 0 Å². The van der Waals surface area contributed by atoms with E-state index < -0.39 is 0 Å². The third-order valence-corrected chi connectivity index (χ3v) is 3.19. The maximum absolute atomic E-state index is 3.57. The fraction of sp³-hybridized carbons (Fsp3) is 0.667. The summed E-state index contributed by atoms with van der Waals surface area (Å²) in [5, 5.41) is 0. The highest BCUT2D eigenvalue weighted by molar-refractivity contribution is 9.09. The summed E-state index contributed by atoms with van der Waals surface area (Å²) in [6.45, 7) is 0. The molecule has 7 heavy (non-hydrogen) atoms. The summed E-state index contributed by atoms with van der Waals surface area (Å²) in [5.74, 6) is 1.90. The predicted octanol–water partition coefficient (Wildman–Crippen LogP) is 1.96. The number of halogens is 1. The Hall–Kier alpha value is 0.220. The van der Waals surface area contributed by atoms with Crippen LogP contribution in [0, 0.1) is 11.8 Å². The van der Waals surface area contributed by atoms with Crippen molar-refractivity contribution in [3.63, 3.8) is 0 Å². The molecule has 3 atom stereocenters. The van der Waals surface area contributed by atoms with E-state index in [1.54, 1.807) is 0 Å². The lowest BCUT2D eigenvalue weighted by atomic mass is 10.3. The van der Waals surface area contributed by atoms with Crippen LogP contribution in [0.5, 0.6) is 0 Å². The maximum atomic E-state index is 3.57. The van der Waals surface area contributed by atoms with Crippen LogP contribution in [-0.4, -0.2) is 4.83 Å². The van der Waals surface area contributed by atoms with E-state index in [9.17, 15) is 0 Å². The number of allylic oxidation sites excluding steroid dienone is 2. The van der Waals surface area contributed by atoms with Crippen LogP contribution < -0.4 is 0 Å². The monoisotopic (exact) mass is 158 g/mol. The first kappa shape index (κ1) is 4.13. The lowest BCUT2D eigenvalue weighted by molar-refractivity contribution is 0.858.